The van der Waals surface area contributed by atoms with E-state index in [0.29, 0.717) is 0 Å². The van der Waals surface area contributed by atoms with Gasteiger partial charge >= 0.3 is 5.97 Å². The van der Waals surface area contributed by atoms with Crippen molar-refractivity contribution in [1.82, 2.24) is 5.32 Å². The smallest absolute Gasteiger partial charge is 0.308 e. The molecule has 0 bridgehead atoms. The van der Waals surface area contributed by atoms with Gasteiger partial charge < -0.3 is 15.4 Å². The number of esters is 1. The minimum atomic E-state index is -0.556. The first-order valence-corrected chi connectivity index (χ1v) is 10.6. The number of rotatable bonds is 9. The quantitative estimate of drug-likeness (QED) is 0.572. The predicted octanol–water partition coefficient (Wildman–Crippen LogP) is 4.68. The van der Waals surface area contributed by atoms with Gasteiger partial charge in [0.15, 0.2) is 6.61 Å². The Morgan fingerprint density at radius 2 is 1.45 bits per heavy atom. The van der Waals surface area contributed by atoms with E-state index in [4.69, 9.17) is 4.74 Å². The van der Waals surface area contributed by atoms with Gasteiger partial charge in [-0.25, -0.2) is 0 Å². The van der Waals surface area contributed by atoms with Crippen LogP contribution in [0.4, 0.5) is 5.69 Å². The van der Waals surface area contributed by atoms with Crippen molar-refractivity contribution in [2.24, 2.45) is 0 Å². The molecule has 2 aromatic rings. The molecule has 31 heavy (non-hydrogen) atoms. The number of ether oxygens (including phenoxy) is 1. The Morgan fingerprint density at radius 1 is 0.871 bits per heavy atom. The second kappa shape index (κ2) is 11.3. The van der Waals surface area contributed by atoms with Crippen molar-refractivity contribution < 1.29 is 19.1 Å². The second-order valence-corrected chi connectivity index (χ2v) is 8.20. The Labute approximate surface area is 184 Å². The van der Waals surface area contributed by atoms with Crippen molar-refractivity contribution >= 4 is 23.5 Å². The van der Waals surface area contributed by atoms with Crippen LogP contribution >= 0.6 is 0 Å². The summed E-state index contributed by atoms with van der Waals surface area (Å²) in [6.45, 7) is 9.29. The van der Waals surface area contributed by atoms with Crippen molar-refractivity contribution in [3.05, 3.63) is 65.2 Å². The average Bonchev–Trinajstić information content (AvgIpc) is 2.72. The summed E-state index contributed by atoms with van der Waals surface area (Å²) in [6, 6.07) is 14.7. The largest absolute Gasteiger partial charge is 0.455 e. The first-order chi connectivity index (χ1) is 14.7. The normalized spacial score (nSPS) is 11.8. The minimum Gasteiger partial charge on any atom is -0.455 e. The van der Waals surface area contributed by atoms with E-state index in [9.17, 15) is 14.4 Å². The van der Waals surface area contributed by atoms with Gasteiger partial charge in [-0.15, -0.1) is 0 Å². The molecule has 6 heteroatoms. The highest BCUT2D eigenvalue weighted by molar-refractivity contribution is 5.94. The summed E-state index contributed by atoms with van der Waals surface area (Å²) in [5.74, 6) is -0.717. The van der Waals surface area contributed by atoms with Gasteiger partial charge in [-0.3, -0.25) is 14.4 Å². The highest BCUT2D eigenvalue weighted by atomic mass is 16.5. The first kappa shape index (κ1) is 24.1. The van der Waals surface area contributed by atoms with E-state index in [-0.39, 0.29) is 36.7 Å². The van der Waals surface area contributed by atoms with Crippen LogP contribution in [0.25, 0.3) is 0 Å². The van der Waals surface area contributed by atoms with E-state index in [0.717, 1.165) is 22.4 Å². The number of hydrogen-bond donors (Lipinski definition) is 2. The predicted molar refractivity (Wildman–Crippen MR) is 122 cm³/mol. The van der Waals surface area contributed by atoms with E-state index < -0.39 is 12.0 Å². The van der Waals surface area contributed by atoms with Crippen LogP contribution in [-0.4, -0.2) is 24.4 Å². The van der Waals surface area contributed by atoms with E-state index >= 15 is 0 Å². The zero-order valence-corrected chi connectivity index (χ0v) is 18.9. The summed E-state index contributed by atoms with van der Waals surface area (Å²) in [5.41, 5.74) is 3.67. The molecule has 0 saturated carbocycles. The SMILES string of the molecule is CC(=O)N[C@@H](CC(=O)OCC(=O)Nc1c(C(C)C)cccc1C(C)C)c1ccccc1. The lowest BCUT2D eigenvalue weighted by Crippen LogP contribution is -2.29. The highest BCUT2D eigenvalue weighted by Gasteiger charge is 2.20. The Balaban J connectivity index is 2.02. The maximum Gasteiger partial charge on any atom is 0.308 e. The standard InChI is InChI=1S/C25H32N2O4/c1-16(2)20-12-9-13-21(17(3)4)25(20)27-23(29)15-31-24(30)14-22(26-18(5)28)19-10-7-6-8-11-19/h6-13,16-17,22H,14-15H2,1-5H3,(H,26,28)(H,27,29)/t22-/m0/s1. The summed E-state index contributed by atoms with van der Waals surface area (Å²) in [6.07, 6.45) is -0.0588. The molecule has 2 rings (SSSR count). The molecule has 0 heterocycles. The van der Waals surface area contributed by atoms with Crippen molar-refractivity contribution in [2.45, 2.75) is 58.9 Å². The molecule has 0 fully saturated rings. The average molecular weight is 425 g/mol. The zero-order valence-electron chi connectivity index (χ0n) is 18.9. The summed E-state index contributed by atoms with van der Waals surface area (Å²) in [5, 5.41) is 5.68. The number of para-hydroxylation sites is 1. The molecular formula is C25H32N2O4. The van der Waals surface area contributed by atoms with E-state index in [1.807, 2.05) is 48.5 Å². The molecule has 0 aliphatic heterocycles. The zero-order chi connectivity index (χ0) is 23.0. The highest BCUT2D eigenvalue weighted by Crippen LogP contribution is 2.32. The monoisotopic (exact) mass is 424 g/mol. The number of anilines is 1. The maximum absolute atomic E-state index is 12.5. The molecule has 2 aromatic carbocycles. The molecule has 1 atom stereocenters. The number of carbonyl (C=O) groups excluding carboxylic acids is 3. The molecule has 2 amide bonds. The van der Waals surface area contributed by atoms with E-state index in [1.54, 1.807) is 0 Å². The molecule has 6 nitrogen and oxygen atoms in total. The van der Waals surface area contributed by atoms with Crippen molar-refractivity contribution in [3.8, 4) is 0 Å². The van der Waals surface area contributed by atoms with Crippen LogP contribution in [-0.2, 0) is 19.1 Å². The number of nitrogens with one attached hydrogen (secondary N) is 2. The van der Waals surface area contributed by atoms with Crippen LogP contribution in [0.1, 0.15) is 75.6 Å². The van der Waals surface area contributed by atoms with Gasteiger partial charge in [0.1, 0.15) is 0 Å². The molecule has 0 radical (unpaired) electrons. The third-order valence-electron chi connectivity index (χ3n) is 4.95. The molecular weight excluding hydrogens is 392 g/mol. The maximum atomic E-state index is 12.5. The summed E-state index contributed by atoms with van der Waals surface area (Å²) in [4.78, 5) is 36.4. The van der Waals surface area contributed by atoms with Crippen molar-refractivity contribution in [2.75, 3.05) is 11.9 Å². The van der Waals surface area contributed by atoms with Crippen molar-refractivity contribution in [1.29, 1.82) is 0 Å². The van der Waals surface area contributed by atoms with Crippen molar-refractivity contribution in [3.63, 3.8) is 0 Å². The van der Waals surface area contributed by atoms with Gasteiger partial charge in [0, 0.05) is 12.6 Å². The molecule has 0 saturated heterocycles. The van der Waals surface area contributed by atoms with Gasteiger partial charge in [0.05, 0.1) is 12.5 Å². The van der Waals surface area contributed by atoms with Crippen LogP contribution in [0.2, 0.25) is 0 Å². The van der Waals surface area contributed by atoms with E-state index in [1.165, 1.54) is 6.92 Å². The molecule has 0 aliphatic carbocycles. The van der Waals surface area contributed by atoms with Gasteiger partial charge in [-0.05, 0) is 28.5 Å². The van der Waals surface area contributed by atoms with Crippen LogP contribution in [0.3, 0.4) is 0 Å². The molecule has 0 unspecified atom stereocenters. The number of carbonyl (C=O) groups is 3. The molecule has 0 spiro atoms. The topological polar surface area (TPSA) is 84.5 Å². The Bertz CT molecular complexity index is 881. The minimum absolute atomic E-state index is 0.0588. The Kier molecular flexibility index (Phi) is 8.79. The number of amides is 2. The van der Waals surface area contributed by atoms with Crippen LogP contribution in [0.15, 0.2) is 48.5 Å². The van der Waals surface area contributed by atoms with Gasteiger partial charge in [-0.1, -0.05) is 76.2 Å². The lowest BCUT2D eigenvalue weighted by molar-refractivity contribution is -0.148. The van der Waals surface area contributed by atoms with E-state index in [2.05, 4.69) is 38.3 Å². The first-order valence-electron chi connectivity index (χ1n) is 10.6. The van der Waals surface area contributed by atoms with Crippen LogP contribution in [0, 0.1) is 0 Å². The second-order valence-electron chi connectivity index (χ2n) is 8.20. The fourth-order valence-corrected chi connectivity index (χ4v) is 3.43. The third kappa shape index (κ3) is 7.24. The third-order valence-corrected chi connectivity index (χ3v) is 4.95. The summed E-state index contributed by atoms with van der Waals surface area (Å²) in [7, 11) is 0. The fourth-order valence-electron chi connectivity index (χ4n) is 3.43. The molecule has 2 N–H and O–H groups in total. The van der Waals surface area contributed by atoms with Gasteiger partial charge in [0.25, 0.3) is 5.91 Å². The summed E-state index contributed by atoms with van der Waals surface area (Å²) >= 11 is 0. The molecule has 0 aromatic heterocycles. The fraction of sp³-hybridized carbons (Fsp3) is 0.400. The van der Waals surface area contributed by atoms with Crippen LogP contribution in [0.5, 0.6) is 0 Å². The molecule has 0 aliphatic rings. The summed E-state index contributed by atoms with van der Waals surface area (Å²) < 4.78 is 5.21. The number of benzene rings is 2. The number of hydrogen-bond acceptors (Lipinski definition) is 4. The lowest BCUT2D eigenvalue weighted by atomic mass is 9.92. The lowest BCUT2D eigenvalue weighted by Gasteiger charge is -2.20. The van der Waals surface area contributed by atoms with Crippen LogP contribution < -0.4 is 10.6 Å². The van der Waals surface area contributed by atoms with Gasteiger partial charge in [-0.2, -0.15) is 0 Å². The molecule has 166 valence electrons. The Hall–Kier alpha value is -3.15. The Morgan fingerprint density at radius 3 is 1.97 bits per heavy atom. The van der Waals surface area contributed by atoms with Gasteiger partial charge in [0.2, 0.25) is 5.91 Å².